The Morgan fingerprint density at radius 1 is 1.08 bits per heavy atom. The van der Waals surface area contributed by atoms with Crippen molar-refractivity contribution < 1.29 is 17.9 Å². The summed E-state index contributed by atoms with van der Waals surface area (Å²) in [4.78, 5) is 2.57. The molecule has 3 aliphatic rings. The average Bonchev–Trinajstić information content (AvgIpc) is 3.00. The predicted molar refractivity (Wildman–Crippen MR) is 89.6 cm³/mol. The third kappa shape index (κ3) is 3.65. The fourth-order valence-corrected chi connectivity index (χ4v) is 4.90. The minimum Gasteiger partial charge on any atom is -0.405 e. The molecule has 1 aromatic carbocycles. The van der Waals surface area contributed by atoms with Gasteiger partial charge >= 0.3 is 6.36 Å². The zero-order valence-electron chi connectivity index (χ0n) is 14.3. The Bertz CT molecular complexity index is 607. The molecule has 0 aromatic heterocycles. The van der Waals surface area contributed by atoms with Gasteiger partial charge in [0.05, 0.1) is 0 Å². The molecule has 1 N–H and O–H groups in total. The fourth-order valence-electron chi connectivity index (χ4n) is 4.90. The molecule has 1 aliphatic carbocycles. The summed E-state index contributed by atoms with van der Waals surface area (Å²) in [6.45, 7) is 4.25. The third-order valence-corrected chi connectivity index (χ3v) is 6.31. The molecule has 1 aromatic rings. The Morgan fingerprint density at radius 2 is 1.80 bits per heavy atom. The van der Waals surface area contributed by atoms with Crippen molar-refractivity contribution in [1.82, 2.24) is 10.2 Å². The number of halogens is 3. The molecule has 6 heteroatoms. The summed E-state index contributed by atoms with van der Waals surface area (Å²) >= 11 is 0. The molecule has 3 nitrogen and oxygen atoms in total. The van der Waals surface area contributed by atoms with Crippen LogP contribution >= 0.6 is 0 Å². The lowest BCUT2D eigenvalue weighted by atomic mass is 9.80. The minimum absolute atomic E-state index is 0.0335. The van der Waals surface area contributed by atoms with Gasteiger partial charge in [-0.3, -0.25) is 0 Å². The smallest absolute Gasteiger partial charge is 0.405 e. The molecule has 2 saturated heterocycles. The van der Waals surface area contributed by atoms with Gasteiger partial charge in [0.25, 0.3) is 0 Å². The van der Waals surface area contributed by atoms with Gasteiger partial charge in [0.1, 0.15) is 5.75 Å². The van der Waals surface area contributed by atoms with E-state index in [9.17, 15) is 13.2 Å². The van der Waals surface area contributed by atoms with Crippen LogP contribution in [0.15, 0.2) is 24.3 Å². The van der Waals surface area contributed by atoms with Crippen molar-refractivity contribution in [3.05, 3.63) is 29.8 Å². The Kier molecular flexibility index (Phi) is 4.44. The average molecular weight is 354 g/mol. The maximum absolute atomic E-state index is 12.6. The van der Waals surface area contributed by atoms with Crippen molar-refractivity contribution in [3.63, 3.8) is 0 Å². The predicted octanol–water partition coefficient (Wildman–Crippen LogP) is 3.91. The summed E-state index contributed by atoms with van der Waals surface area (Å²) in [5.74, 6) is 0.115. The van der Waals surface area contributed by atoms with Gasteiger partial charge in [0.15, 0.2) is 0 Å². The minimum atomic E-state index is -4.63. The molecule has 1 saturated carbocycles. The molecule has 1 unspecified atom stereocenters. The Labute approximate surface area is 146 Å². The van der Waals surface area contributed by atoms with Crippen LogP contribution in [-0.4, -0.2) is 43.5 Å². The van der Waals surface area contributed by atoms with Crippen LogP contribution in [0.25, 0.3) is 0 Å². The van der Waals surface area contributed by atoms with Crippen LogP contribution < -0.4 is 10.1 Å². The van der Waals surface area contributed by atoms with Crippen LogP contribution in [0.4, 0.5) is 13.2 Å². The number of rotatable bonds is 3. The SMILES string of the molecule is FC(F)(F)Oc1ccccc1C1CCN(C2CCC3(CNC3)C2)CC1. The number of likely N-dealkylation sites (tertiary alicyclic amines) is 1. The van der Waals surface area contributed by atoms with Crippen molar-refractivity contribution in [1.29, 1.82) is 0 Å². The van der Waals surface area contributed by atoms with E-state index in [2.05, 4.69) is 15.0 Å². The maximum atomic E-state index is 12.6. The molecule has 25 heavy (non-hydrogen) atoms. The first-order valence-corrected chi connectivity index (χ1v) is 9.24. The van der Waals surface area contributed by atoms with Crippen LogP contribution in [0.3, 0.4) is 0 Å². The van der Waals surface area contributed by atoms with E-state index in [0.29, 0.717) is 17.0 Å². The molecule has 4 rings (SSSR count). The highest BCUT2D eigenvalue weighted by atomic mass is 19.4. The second-order valence-corrected chi connectivity index (χ2v) is 7.90. The Balaban J connectivity index is 1.38. The summed E-state index contributed by atoms with van der Waals surface area (Å²) in [7, 11) is 0. The van der Waals surface area contributed by atoms with Crippen molar-refractivity contribution in [2.24, 2.45) is 5.41 Å². The highest BCUT2D eigenvalue weighted by Gasteiger charge is 2.45. The van der Waals surface area contributed by atoms with E-state index in [-0.39, 0.29) is 11.7 Å². The van der Waals surface area contributed by atoms with Gasteiger partial charge in [0.2, 0.25) is 0 Å². The molecule has 2 heterocycles. The van der Waals surface area contributed by atoms with E-state index in [1.54, 1.807) is 18.2 Å². The summed E-state index contributed by atoms with van der Waals surface area (Å²) in [5.41, 5.74) is 1.24. The Morgan fingerprint density at radius 3 is 2.40 bits per heavy atom. The first-order chi connectivity index (χ1) is 11.9. The van der Waals surface area contributed by atoms with Gasteiger partial charge in [-0.25, -0.2) is 0 Å². The van der Waals surface area contributed by atoms with E-state index >= 15 is 0 Å². The first kappa shape index (κ1) is 17.2. The highest BCUT2D eigenvalue weighted by Crippen LogP contribution is 2.45. The molecule has 0 radical (unpaired) electrons. The third-order valence-electron chi connectivity index (χ3n) is 6.31. The van der Waals surface area contributed by atoms with Gasteiger partial charge in [-0.15, -0.1) is 13.2 Å². The summed E-state index contributed by atoms with van der Waals surface area (Å²) in [6, 6.07) is 7.27. The normalized spacial score (nSPS) is 27.4. The van der Waals surface area contributed by atoms with E-state index < -0.39 is 6.36 Å². The lowest BCUT2D eigenvalue weighted by Gasteiger charge is -2.41. The topological polar surface area (TPSA) is 24.5 Å². The van der Waals surface area contributed by atoms with E-state index in [1.807, 2.05) is 0 Å². The van der Waals surface area contributed by atoms with Crippen LogP contribution in [0.1, 0.15) is 43.6 Å². The first-order valence-electron chi connectivity index (χ1n) is 9.24. The molecule has 3 fully saturated rings. The van der Waals surface area contributed by atoms with Crippen LogP contribution in [0, 0.1) is 5.41 Å². The summed E-state index contributed by atoms with van der Waals surface area (Å²) < 4.78 is 42.1. The number of ether oxygens (including phenoxy) is 1. The van der Waals surface area contributed by atoms with Crippen molar-refractivity contribution in [2.75, 3.05) is 26.2 Å². The molecule has 0 amide bonds. The number of benzene rings is 1. The van der Waals surface area contributed by atoms with E-state index in [4.69, 9.17) is 0 Å². The van der Waals surface area contributed by atoms with Gasteiger partial charge in [-0.05, 0) is 68.2 Å². The lowest BCUT2D eigenvalue weighted by molar-refractivity contribution is -0.275. The molecule has 1 spiro atoms. The highest BCUT2D eigenvalue weighted by molar-refractivity contribution is 5.36. The van der Waals surface area contributed by atoms with E-state index in [0.717, 1.165) is 39.0 Å². The summed E-state index contributed by atoms with van der Waals surface area (Å²) in [6.07, 6.45) is 1.02. The fraction of sp³-hybridized carbons (Fsp3) is 0.684. The van der Waals surface area contributed by atoms with Crippen LogP contribution in [-0.2, 0) is 0 Å². The number of nitrogens with zero attached hydrogens (tertiary/aromatic N) is 1. The van der Waals surface area contributed by atoms with Crippen LogP contribution in [0.2, 0.25) is 0 Å². The van der Waals surface area contributed by atoms with Gasteiger partial charge in [-0.1, -0.05) is 18.2 Å². The molecular formula is C19H25F3N2O. The monoisotopic (exact) mass is 354 g/mol. The number of piperidine rings is 1. The van der Waals surface area contributed by atoms with Gasteiger partial charge < -0.3 is 15.0 Å². The molecule has 2 aliphatic heterocycles. The zero-order chi connectivity index (χ0) is 17.5. The number of hydrogen-bond donors (Lipinski definition) is 1. The number of alkyl halides is 3. The van der Waals surface area contributed by atoms with E-state index in [1.165, 1.54) is 25.3 Å². The van der Waals surface area contributed by atoms with Gasteiger partial charge in [0, 0.05) is 19.1 Å². The second-order valence-electron chi connectivity index (χ2n) is 7.90. The number of para-hydroxylation sites is 1. The molecule has 138 valence electrons. The largest absolute Gasteiger partial charge is 0.573 e. The quantitative estimate of drug-likeness (QED) is 0.891. The summed E-state index contributed by atoms with van der Waals surface area (Å²) in [5, 5.41) is 3.40. The van der Waals surface area contributed by atoms with Crippen molar-refractivity contribution >= 4 is 0 Å². The van der Waals surface area contributed by atoms with Crippen molar-refractivity contribution in [2.45, 2.75) is 50.4 Å². The standard InChI is InChI=1S/C19H25F3N2O/c20-19(21,22)25-17-4-2-1-3-16(17)14-6-9-24(10-7-14)15-5-8-18(11-15)12-23-13-18/h1-4,14-15,23H,5-13H2. The lowest BCUT2D eigenvalue weighted by Crippen LogP contribution is -2.52. The van der Waals surface area contributed by atoms with Gasteiger partial charge in [-0.2, -0.15) is 0 Å². The van der Waals surface area contributed by atoms with Crippen molar-refractivity contribution in [3.8, 4) is 5.75 Å². The molecular weight excluding hydrogens is 329 g/mol. The molecule has 0 bridgehead atoms. The van der Waals surface area contributed by atoms with Crippen LogP contribution in [0.5, 0.6) is 5.75 Å². The Hall–Kier alpha value is -1.27. The maximum Gasteiger partial charge on any atom is 0.573 e. The zero-order valence-corrected chi connectivity index (χ0v) is 14.3. The number of nitrogens with one attached hydrogen (secondary N) is 1. The second kappa shape index (κ2) is 6.47. The molecule has 1 atom stereocenters. The number of hydrogen-bond acceptors (Lipinski definition) is 3.